The van der Waals surface area contributed by atoms with Crippen molar-refractivity contribution in [3.05, 3.63) is 81.5 Å². The molecule has 0 aliphatic carbocycles. The molecule has 0 radical (unpaired) electrons. The maximum atomic E-state index is 12.5. The van der Waals surface area contributed by atoms with Gasteiger partial charge in [0.1, 0.15) is 6.10 Å². The molecule has 0 aliphatic rings. The highest BCUT2D eigenvalue weighted by Gasteiger charge is 2.13. The van der Waals surface area contributed by atoms with Gasteiger partial charge < -0.3 is 15.8 Å². The maximum absolute atomic E-state index is 12.5. The number of halogens is 2. The second-order valence-corrected chi connectivity index (χ2v) is 7.18. The number of carbonyl (C=O) groups excluding carboxylic acids is 1. The van der Waals surface area contributed by atoms with Crippen molar-refractivity contribution in [2.75, 3.05) is 11.1 Å². The molecule has 0 aliphatic heterocycles. The highest BCUT2D eigenvalue weighted by molar-refractivity contribution is 6.31. The molecule has 144 valence electrons. The number of nitrogens with one attached hydrogen (secondary N) is 1. The molecule has 1 unspecified atom stereocenters. The fourth-order valence-electron chi connectivity index (χ4n) is 2.64. The van der Waals surface area contributed by atoms with Gasteiger partial charge in [0.25, 0.3) is 5.91 Å². The van der Waals surface area contributed by atoms with E-state index < -0.39 is 0 Å². The minimum atomic E-state index is -0.322. The first-order chi connectivity index (χ1) is 13.3. The summed E-state index contributed by atoms with van der Waals surface area (Å²) in [5.41, 5.74) is 8.74. The molecule has 0 saturated carbocycles. The summed E-state index contributed by atoms with van der Waals surface area (Å²) < 4.78 is 5.89. The van der Waals surface area contributed by atoms with Gasteiger partial charge in [-0.2, -0.15) is 0 Å². The number of anilines is 2. The number of aromatic nitrogens is 1. The van der Waals surface area contributed by atoms with Gasteiger partial charge in [-0.3, -0.25) is 4.79 Å². The SMILES string of the molecule is Cc1cc(C(=O)Nc2cccc(C(C)Oc3cc(Cl)cnc3N)c2)ccc1Cl. The molecule has 1 aromatic heterocycles. The topological polar surface area (TPSA) is 77.2 Å². The van der Waals surface area contributed by atoms with Gasteiger partial charge in [-0.15, -0.1) is 0 Å². The average molecular weight is 416 g/mol. The van der Waals surface area contributed by atoms with E-state index in [0.717, 1.165) is 11.1 Å². The number of hydrogen-bond acceptors (Lipinski definition) is 4. The lowest BCUT2D eigenvalue weighted by molar-refractivity contribution is 0.102. The van der Waals surface area contributed by atoms with E-state index in [1.165, 1.54) is 6.20 Å². The number of rotatable bonds is 5. The van der Waals surface area contributed by atoms with Crippen molar-refractivity contribution in [3.63, 3.8) is 0 Å². The van der Waals surface area contributed by atoms with Gasteiger partial charge in [0.2, 0.25) is 0 Å². The van der Waals surface area contributed by atoms with Crippen molar-refractivity contribution in [1.29, 1.82) is 0 Å². The molecule has 2 aromatic carbocycles. The summed E-state index contributed by atoms with van der Waals surface area (Å²) in [6, 6.07) is 14.2. The average Bonchev–Trinajstić information content (AvgIpc) is 2.67. The minimum Gasteiger partial charge on any atom is -0.482 e. The molecule has 0 bridgehead atoms. The highest BCUT2D eigenvalue weighted by atomic mass is 35.5. The molecule has 1 amide bonds. The second kappa shape index (κ2) is 8.50. The van der Waals surface area contributed by atoms with Crippen LogP contribution in [0.15, 0.2) is 54.7 Å². The van der Waals surface area contributed by atoms with Crippen molar-refractivity contribution in [1.82, 2.24) is 4.98 Å². The number of hydrogen-bond donors (Lipinski definition) is 2. The van der Waals surface area contributed by atoms with Gasteiger partial charge in [-0.05, 0) is 55.3 Å². The molecule has 0 spiro atoms. The third-order valence-corrected chi connectivity index (χ3v) is 4.82. The standard InChI is InChI=1S/C21H19Cl2N3O2/c1-12-8-15(6-7-18(12)23)21(27)26-17-5-3-4-14(9-17)13(2)28-19-10-16(22)11-25-20(19)24/h3-11,13H,1-2H3,(H2,24,25)(H,26,27). The maximum Gasteiger partial charge on any atom is 0.255 e. The van der Waals surface area contributed by atoms with E-state index in [1.54, 1.807) is 24.3 Å². The Morgan fingerprint density at radius 2 is 1.96 bits per heavy atom. The summed E-state index contributed by atoms with van der Waals surface area (Å²) in [6.07, 6.45) is 1.14. The number of aryl methyl sites for hydroxylation is 1. The fraction of sp³-hybridized carbons (Fsp3) is 0.143. The summed E-state index contributed by atoms with van der Waals surface area (Å²) in [6.45, 7) is 3.74. The van der Waals surface area contributed by atoms with Gasteiger partial charge in [0.05, 0.1) is 5.02 Å². The zero-order valence-electron chi connectivity index (χ0n) is 15.4. The van der Waals surface area contributed by atoms with Crippen molar-refractivity contribution in [2.24, 2.45) is 0 Å². The van der Waals surface area contributed by atoms with E-state index in [1.807, 2.05) is 38.1 Å². The van der Waals surface area contributed by atoms with Crippen LogP contribution < -0.4 is 15.8 Å². The number of benzene rings is 2. The Kier molecular flexibility index (Phi) is 6.07. The minimum absolute atomic E-state index is 0.214. The Morgan fingerprint density at radius 1 is 1.18 bits per heavy atom. The van der Waals surface area contributed by atoms with E-state index >= 15 is 0 Å². The first kappa shape index (κ1) is 20.0. The molecule has 5 nitrogen and oxygen atoms in total. The molecule has 7 heteroatoms. The van der Waals surface area contributed by atoms with Crippen molar-refractivity contribution >= 4 is 40.6 Å². The summed E-state index contributed by atoms with van der Waals surface area (Å²) in [5.74, 6) is 0.457. The van der Waals surface area contributed by atoms with Gasteiger partial charge in [0, 0.05) is 28.5 Å². The number of nitrogens with zero attached hydrogens (tertiary/aromatic N) is 1. The number of nitrogen functional groups attached to an aromatic ring is 1. The fourth-order valence-corrected chi connectivity index (χ4v) is 2.91. The quantitative estimate of drug-likeness (QED) is 0.562. The normalized spacial score (nSPS) is 11.7. The Morgan fingerprint density at radius 3 is 2.71 bits per heavy atom. The van der Waals surface area contributed by atoms with E-state index in [2.05, 4.69) is 10.3 Å². The van der Waals surface area contributed by atoms with Crippen LogP contribution in [0.4, 0.5) is 11.5 Å². The Bertz CT molecular complexity index is 1020. The van der Waals surface area contributed by atoms with Gasteiger partial charge in [-0.1, -0.05) is 35.3 Å². The first-order valence-electron chi connectivity index (χ1n) is 8.58. The van der Waals surface area contributed by atoms with Crippen LogP contribution in [0.2, 0.25) is 10.0 Å². The number of pyridine rings is 1. The van der Waals surface area contributed by atoms with Gasteiger partial charge in [-0.25, -0.2) is 4.98 Å². The van der Waals surface area contributed by atoms with E-state index in [4.69, 9.17) is 33.7 Å². The summed E-state index contributed by atoms with van der Waals surface area (Å²) in [4.78, 5) is 16.5. The van der Waals surface area contributed by atoms with E-state index in [0.29, 0.717) is 27.0 Å². The van der Waals surface area contributed by atoms with Crippen molar-refractivity contribution in [3.8, 4) is 5.75 Å². The molecule has 0 fully saturated rings. The molecule has 1 atom stereocenters. The smallest absolute Gasteiger partial charge is 0.255 e. The van der Waals surface area contributed by atoms with Crippen LogP contribution >= 0.6 is 23.2 Å². The monoisotopic (exact) mass is 415 g/mol. The summed E-state index contributed by atoms with van der Waals surface area (Å²) >= 11 is 12.0. The highest BCUT2D eigenvalue weighted by Crippen LogP contribution is 2.29. The lowest BCUT2D eigenvalue weighted by atomic mass is 10.1. The third kappa shape index (κ3) is 4.74. The zero-order chi connectivity index (χ0) is 20.3. The van der Waals surface area contributed by atoms with Gasteiger partial charge in [0.15, 0.2) is 11.6 Å². The predicted octanol–water partition coefficient (Wildman–Crippen LogP) is 5.67. The lowest BCUT2D eigenvalue weighted by Gasteiger charge is -2.17. The molecule has 3 rings (SSSR count). The number of ether oxygens (including phenoxy) is 1. The van der Waals surface area contributed by atoms with Crippen LogP contribution in [0.1, 0.15) is 34.5 Å². The molecule has 28 heavy (non-hydrogen) atoms. The number of nitrogens with two attached hydrogens (primary N) is 1. The van der Waals surface area contributed by atoms with E-state index in [-0.39, 0.29) is 17.8 Å². The summed E-state index contributed by atoms with van der Waals surface area (Å²) in [7, 11) is 0. The van der Waals surface area contributed by atoms with Crippen molar-refractivity contribution < 1.29 is 9.53 Å². The molecule has 3 N–H and O–H groups in total. The predicted molar refractivity (Wildman–Crippen MR) is 113 cm³/mol. The first-order valence-corrected chi connectivity index (χ1v) is 9.34. The van der Waals surface area contributed by atoms with Crippen molar-refractivity contribution in [2.45, 2.75) is 20.0 Å². The Balaban J connectivity index is 1.75. The largest absolute Gasteiger partial charge is 0.482 e. The molecular weight excluding hydrogens is 397 g/mol. The zero-order valence-corrected chi connectivity index (χ0v) is 16.9. The van der Waals surface area contributed by atoms with Crippen LogP contribution in [0.25, 0.3) is 0 Å². The van der Waals surface area contributed by atoms with Crippen LogP contribution in [0.3, 0.4) is 0 Å². The van der Waals surface area contributed by atoms with Crippen LogP contribution in [0, 0.1) is 6.92 Å². The van der Waals surface area contributed by atoms with Gasteiger partial charge >= 0.3 is 0 Å². The van der Waals surface area contributed by atoms with E-state index in [9.17, 15) is 4.79 Å². The second-order valence-electron chi connectivity index (χ2n) is 6.34. The number of amides is 1. The van der Waals surface area contributed by atoms with Crippen LogP contribution in [-0.4, -0.2) is 10.9 Å². The molecular formula is C21H19Cl2N3O2. The third-order valence-electron chi connectivity index (χ3n) is 4.19. The Labute approximate surface area is 173 Å². The molecule has 0 saturated heterocycles. The Hall–Kier alpha value is -2.76. The molecule has 3 aromatic rings. The summed E-state index contributed by atoms with van der Waals surface area (Å²) in [5, 5.41) is 3.95. The van der Waals surface area contributed by atoms with Crippen LogP contribution in [0.5, 0.6) is 5.75 Å². The molecule has 1 heterocycles. The lowest BCUT2D eigenvalue weighted by Crippen LogP contribution is -2.13. The van der Waals surface area contributed by atoms with Crippen LogP contribution in [-0.2, 0) is 0 Å². The number of carbonyl (C=O) groups is 1.